The van der Waals surface area contributed by atoms with E-state index in [1.54, 1.807) is 7.05 Å². The number of carboxylic acids is 1. The summed E-state index contributed by atoms with van der Waals surface area (Å²) in [5, 5.41) is 15.4. The van der Waals surface area contributed by atoms with Crippen molar-refractivity contribution < 1.29 is 24.3 Å². The number of hydrogen-bond donors (Lipinski definition) is 3. The van der Waals surface area contributed by atoms with Crippen molar-refractivity contribution in [3.8, 4) is 0 Å². The van der Waals surface area contributed by atoms with Gasteiger partial charge >= 0.3 is 12.0 Å². The summed E-state index contributed by atoms with van der Waals surface area (Å²) in [6.45, 7) is 17.6. The first-order chi connectivity index (χ1) is 14.9. The molecule has 33 heavy (non-hydrogen) atoms. The third-order valence-corrected chi connectivity index (χ3v) is 6.58. The van der Waals surface area contributed by atoms with Crippen LogP contribution in [-0.2, 0) is 14.4 Å². The second-order valence-corrected chi connectivity index (χ2v) is 11.8. The number of carbonyl (C=O) groups excluding carboxylic acids is 3. The first kappa shape index (κ1) is 28.7. The normalized spacial score (nSPS) is 20.9. The highest BCUT2D eigenvalue weighted by Crippen LogP contribution is 2.32. The van der Waals surface area contributed by atoms with Crippen LogP contribution >= 0.6 is 0 Å². The molecule has 1 saturated heterocycles. The number of aliphatic carboxylic acids is 1. The standard InChI is InChI=1S/C24H44N4O5/c1-14(2)16-11-17(21(31)32)28(12-16)20(30)19(24(7,8)9)26-22(33)25-18(23(4,5)6)13-27(10)15(3)29/h14,16-19H,11-13H2,1-10H3,(H,31,32)(H2,25,26,33)/t16-,17+,18-,19-/m1/s1. The summed E-state index contributed by atoms with van der Waals surface area (Å²) < 4.78 is 0. The Morgan fingerprint density at radius 3 is 1.97 bits per heavy atom. The number of carboxylic acid groups (broad SMARTS) is 1. The van der Waals surface area contributed by atoms with Crippen LogP contribution in [0.3, 0.4) is 0 Å². The molecule has 4 atom stereocenters. The van der Waals surface area contributed by atoms with Crippen molar-refractivity contribution in [1.82, 2.24) is 20.4 Å². The Morgan fingerprint density at radius 1 is 1.03 bits per heavy atom. The Balaban J connectivity index is 3.09. The summed E-state index contributed by atoms with van der Waals surface area (Å²) in [5.74, 6) is -1.18. The van der Waals surface area contributed by atoms with Gasteiger partial charge in [0.2, 0.25) is 11.8 Å². The van der Waals surface area contributed by atoms with Crippen molar-refractivity contribution in [3.63, 3.8) is 0 Å². The number of carbonyl (C=O) groups is 4. The van der Waals surface area contributed by atoms with Crippen molar-refractivity contribution in [2.24, 2.45) is 22.7 Å². The predicted octanol–water partition coefficient (Wildman–Crippen LogP) is 2.55. The fourth-order valence-electron chi connectivity index (χ4n) is 3.91. The lowest BCUT2D eigenvalue weighted by molar-refractivity contribution is -0.150. The highest BCUT2D eigenvalue weighted by Gasteiger charge is 2.45. The molecule has 0 bridgehead atoms. The fourth-order valence-corrected chi connectivity index (χ4v) is 3.91. The molecule has 1 aliphatic rings. The molecule has 9 nitrogen and oxygen atoms in total. The average Bonchev–Trinajstić information content (AvgIpc) is 3.09. The van der Waals surface area contributed by atoms with Gasteiger partial charge in [-0.3, -0.25) is 9.59 Å². The van der Waals surface area contributed by atoms with E-state index in [-0.39, 0.29) is 35.1 Å². The molecule has 9 heteroatoms. The summed E-state index contributed by atoms with van der Waals surface area (Å²) >= 11 is 0. The fraction of sp³-hybridized carbons (Fsp3) is 0.833. The molecule has 0 aliphatic carbocycles. The highest BCUT2D eigenvalue weighted by molar-refractivity contribution is 5.91. The van der Waals surface area contributed by atoms with Gasteiger partial charge in [-0.25, -0.2) is 9.59 Å². The van der Waals surface area contributed by atoms with Crippen LogP contribution in [0.5, 0.6) is 0 Å². The molecule has 4 amide bonds. The zero-order valence-electron chi connectivity index (χ0n) is 22.0. The van der Waals surface area contributed by atoms with Crippen molar-refractivity contribution in [1.29, 1.82) is 0 Å². The van der Waals surface area contributed by atoms with Crippen LogP contribution in [0.1, 0.15) is 68.7 Å². The zero-order valence-corrected chi connectivity index (χ0v) is 22.0. The van der Waals surface area contributed by atoms with Crippen LogP contribution in [0.4, 0.5) is 4.79 Å². The van der Waals surface area contributed by atoms with Gasteiger partial charge in [-0.1, -0.05) is 55.4 Å². The number of nitrogens with one attached hydrogen (secondary N) is 2. The highest BCUT2D eigenvalue weighted by atomic mass is 16.4. The predicted molar refractivity (Wildman–Crippen MR) is 128 cm³/mol. The molecule has 0 unspecified atom stereocenters. The number of likely N-dealkylation sites (tertiary alicyclic amines) is 1. The van der Waals surface area contributed by atoms with E-state index < -0.39 is 29.5 Å². The SMILES string of the molecule is CC(=O)N(C)C[C@@H](NC(=O)N[C@H](C(=O)N1C[C@H](C(C)C)C[C@H]1C(=O)O)C(C)(C)C)C(C)(C)C. The Bertz CT molecular complexity index is 738. The lowest BCUT2D eigenvalue weighted by atomic mass is 9.85. The molecule has 3 N–H and O–H groups in total. The van der Waals surface area contributed by atoms with E-state index >= 15 is 0 Å². The summed E-state index contributed by atoms with van der Waals surface area (Å²) in [6.07, 6.45) is 0.408. The molecule has 190 valence electrons. The molecule has 1 fully saturated rings. The third kappa shape index (κ3) is 7.89. The lowest BCUT2D eigenvalue weighted by Gasteiger charge is -2.37. The van der Waals surface area contributed by atoms with Gasteiger partial charge in [0.15, 0.2) is 0 Å². The summed E-state index contributed by atoms with van der Waals surface area (Å²) in [4.78, 5) is 53.0. The minimum Gasteiger partial charge on any atom is -0.480 e. The van der Waals surface area contributed by atoms with Crippen LogP contribution in [0.15, 0.2) is 0 Å². The van der Waals surface area contributed by atoms with E-state index in [1.807, 2.05) is 55.4 Å². The van der Waals surface area contributed by atoms with Crippen LogP contribution in [0, 0.1) is 22.7 Å². The van der Waals surface area contributed by atoms with Gasteiger partial charge in [0.1, 0.15) is 12.1 Å². The molecular formula is C24H44N4O5. The van der Waals surface area contributed by atoms with Gasteiger partial charge in [-0.2, -0.15) is 0 Å². The van der Waals surface area contributed by atoms with Crippen molar-refractivity contribution >= 4 is 23.8 Å². The van der Waals surface area contributed by atoms with E-state index in [4.69, 9.17) is 0 Å². The maximum atomic E-state index is 13.5. The molecule has 0 aromatic rings. The summed E-state index contributed by atoms with van der Waals surface area (Å²) in [5.41, 5.74) is -0.975. The Labute approximate surface area is 198 Å². The molecule has 1 heterocycles. The second-order valence-electron chi connectivity index (χ2n) is 11.8. The number of nitrogens with zero attached hydrogens (tertiary/aromatic N) is 2. The van der Waals surface area contributed by atoms with Crippen molar-refractivity contribution in [3.05, 3.63) is 0 Å². The summed E-state index contributed by atoms with van der Waals surface area (Å²) in [7, 11) is 1.67. The van der Waals surface area contributed by atoms with Crippen LogP contribution in [0.2, 0.25) is 0 Å². The van der Waals surface area contributed by atoms with Gasteiger partial charge in [-0.05, 0) is 29.1 Å². The second kappa shape index (κ2) is 10.7. The van der Waals surface area contributed by atoms with Gasteiger partial charge in [0, 0.05) is 27.1 Å². The van der Waals surface area contributed by atoms with E-state index in [2.05, 4.69) is 10.6 Å². The number of urea groups is 1. The molecule has 0 saturated carbocycles. The minimum absolute atomic E-state index is 0.0943. The maximum Gasteiger partial charge on any atom is 0.326 e. The van der Waals surface area contributed by atoms with Gasteiger partial charge in [0.25, 0.3) is 0 Å². The monoisotopic (exact) mass is 468 g/mol. The van der Waals surface area contributed by atoms with Gasteiger partial charge < -0.3 is 25.5 Å². The molecule has 1 rings (SSSR count). The van der Waals surface area contributed by atoms with Gasteiger partial charge in [0.05, 0.1) is 6.04 Å². The Kier molecular flexibility index (Phi) is 9.34. The van der Waals surface area contributed by atoms with Crippen molar-refractivity contribution in [2.45, 2.75) is 86.9 Å². The summed E-state index contributed by atoms with van der Waals surface area (Å²) in [6, 6.07) is -2.68. The lowest BCUT2D eigenvalue weighted by Crippen LogP contribution is -2.61. The minimum atomic E-state index is -1.02. The van der Waals surface area contributed by atoms with Gasteiger partial charge in [-0.15, -0.1) is 0 Å². The van der Waals surface area contributed by atoms with E-state index in [0.29, 0.717) is 19.5 Å². The maximum absolute atomic E-state index is 13.5. The number of hydrogen-bond acceptors (Lipinski definition) is 4. The molecule has 0 spiro atoms. The van der Waals surface area contributed by atoms with E-state index in [1.165, 1.54) is 16.7 Å². The molecule has 0 aromatic carbocycles. The topological polar surface area (TPSA) is 119 Å². The van der Waals surface area contributed by atoms with Crippen LogP contribution < -0.4 is 10.6 Å². The quantitative estimate of drug-likeness (QED) is 0.531. The third-order valence-electron chi connectivity index (χ3n) is 6.58. The molecule has 0 aromatic heterocycles. The first-order valence-electron chi connectivity index (χ1n) is 11.7. The molecule has 0 radical (unpaired) electrons. The largest absolute Gasteiger partial charge is 0.480 e. The van der Waals surface area contributed by atoms with E-state index in [0.717, 1.165) is 0 Å². The Hall–Kier alpha value is -2.32. The van der Waals surface area contributed by atoms with Crippen LogP contribution in [0.25, 0.3) is 0 Å². The van der Waals surface area contributed by atoms with Crippen molar-refractivity contribution in [2.75, 3.05) is 20.1 Å². The number of likely N-dealkylation sites (N-methyl/N-ethyl adjacent to an activating group) is 1. The molecular weight excluding hydrogens is 424 g/mol. The first-order valence-corrected chi connectivity index (χ1v) is 11.7. The molecule has 1 aliphatic heterocycles. The smallest absolute Gasteiger partial charge is 0.326 e. The van der Waals surface area contributed by atoms with E-state index in [9.17, 15) is 24.3 Å². The van der Waals surface area contributed by atoms with Crippen LogP contribution in [-0.4, -0.2) is 77.0 Å². The average molecular weight is 469 g/mol. The zero-order chi connectivity index (χ0) is 25.9. The number of rotatable bonds is 7. The Morgan fingerprint density at radius 2 is 1.58 bits per heavy atom. The number of amides is 4.